The maximum absolute atomic E-state index is 5.39. The van der Waals surface area contributed by atoms with Crippen LogP contribution >= 0.6 is 0 Å². The number of ether oxygens (including phenoxy) is 2. The zero-order chi connectivity index (χ0) is 12.3. The SMILES string of the molecule is CCCOCCNCCc1cccc(OC)c1. The van der Waals surface area contributed by atoms with Crippen molar-refractivity contribution >= 4 is 0 Å². The van der Waals surface area contributed by atoms with Crippen molar-refractivity contribution in [1.82, 2.24) is 5.32 Å². The Bertz CT molecular complexity index is 302. The van der Waals surface area contributed by atoms with Gasteiger partial charge in [0.2, 0.25) is 0 Å². The zero-order valence-electron chi connectivity index (χ0n) is 10.9. The molecule has 0 aliphatic carbocycles. The van der Waals surface area contributed by atoms with Crippen LogP contribution in [-0.2, 0) is 11.2 Å². The fraction of sp³-hybridized carbons (Fsp3) is 0.571. The van der Waals surface area contributed by atoms with Crippen LogP contribution in [0.1, 0.15) is 18.9 Å². The van der Waals surface area contributed by atoms with Crippen LogP contribution in [0.3, 0.4) is 0 Å². The molecule has 1 aromatic rings. The summed E-state index contributed by atoms with van der Waals surface area (Å²) in [5, 5.41) is 3.36. The Morgan fingerprint density at radius 2 is 2.06 bits per heavy atom. The molecule has 96 valence electrons. The highest BCUT2D eigenvalue weighted by Crippen LogP contribution is 2.12. The molecule has 0 fully saturated rings. The molecule has 3 heteroatoms. The summed E-state index contributed by atoms with van der Waals surface area (Å²) in [5.74, 6) is 0.925. The quantitative estimate of drug-likeness (QED) is 0.668. The van der Waals surface area contributed by atoms with Crippen molar-refractivity contribution in [1.29, 1.82) is 0 Å². The van der Waals surface area contributed by atoms with E-state index in [1.54, 1.807) is 7.11 Å². The number of hydrogen-bond acceptors (Lipinski definition) is 3. The molecule has 0 aliphatic rings. The van der Waals surface area contributed by atoms with E-state index in [-0.39, 0.29) is 0 Å². The summed E-state index contributed by atoms with van der Waals surface area (Å²) >= 11 is 0. The van der Waals surface area contributed by atoms with Crippen molar-refractivity contribution < 1.29 is 9.47 Å². The minimum atomic E-state index is 0.798. The largest absolute Gasteiger partial charge is 0.497 e. The molecule has 0 saturated carbocycles. The summed E-state index contributed by atoms with van der Waals surface area (Å²) in [6, 6.07) is 8.20. The summed E-state index contributed by atoms with van der Waals surface area (Å²) in [6.45, 7) is 5.67. The van der Waals surface area contributed by atoms with Gasteiger partial charge in [-0.1, -0.05) is 19.1 Å². The molecular weight excluding hydrogens is 214 g/mol. The second-order valence-corrected chi connectivity index (χ2v) is 3.96. The van der Waals surface area contributed by atoms with Crippen molar-refractivity contribution in [2.24, 2.45) is 0 Å². The third-order valence-corrected chi connectivity index (χ3v) is 2.50. The highest BCUT2D eigenvalue weighted by atomic mass is 16.5. The van der Waals surface area contributed by atoms with E-state index in [1.165, 1.54) is 5.56 Å². The van der Waals surface area contributed by atoms with E-state index in [1.807, 2.05) is 12.1 Å². The van der Waals surface area contributed by atoms with E-state index in [4.69, 9.17) is 9.47 Å². The molecule has 0 atom stereocenters. The topological polar surface area (TPSA) is 30.5 Å². The number of nitrogens with one attached hydrogen (secondary N) is 1. The molecule has 0 heterocycles. The average molecular weight is 237 g/mol. The maximum Gasteiger partial charge on any atom is 0.119 e. The molecule has 0 amide bonds. The summed E-state index contributed by atoms with van der Waals surface area (Å²) in [5.41, 5.74) is 1.30. The van der Waals surface area contributed by atoms with Crippen LogP contribution in [0.4, 0.5) is 0 Å². The molecule has 0 bridgehead atoms. The van der Waals surface area contributed by atoms with Gasteiger partial charge < -0.3 is 14.8 Å². The van der Waals surface area contributed by atoms with E-state index in [0.29, 0.717) is 0 Å². The molecular formula is C14H23NO2. The predicted octanol–water partition coefficient (Wildman–Crippen LogP) is 2.25. The fourth-order valence-electron chi connectivity index (χ4n) is 1.58. The minimum Gasteiger partial charge on any atom is -0.497 e. The Kier molecular flexibility index (Phi) is 7.43. The van der Waals surface area contributed by atoms with Gasteiger partial charge in [-0.25, -0.2) is 0 Å². The van der Waals surface area contributed by atoms with Gasteiger partial charge in [0.05, 0.1) is 13.7 Å². The molecule has 3 nitrogen and oxygen atoms in total. The maximum atomic E-state index is 5.39. The molecule has 0 aromatic heterocycles. The predicted molar refractivity (Wildman–Crippen MR) is 70.7 cm³/mol. The Morgan fingerprint density at radius 3 is 2.82 bits per heavy atom. The molecule has 17 heavy (non-hydrogen) atoms. The summed E-state index contributed by atoms with van der Waals surface area (Å²) in [7, 11) is 1.70. The highest BCUT2D eigenvalue weighted by Gasteiger charge is 1.95. The Morgan fingerprint density at radius 1 is 1.18 bits per heavy atom. The van der Waals surface area contributed by atoms with Crippen molar-refractivity contribution in [3.63, 3.8) is 0 Å². The van der Waals surface area contributed by atoms with Crippen LogP contribution in [0.25, 0.3) is 0 Å². The number of rotatable bonds is 9. The molecule has 0 spiro atoms. The van der Waals surface area contributed by atoms with Crippen LogP contribution in [0.5, 0.6) is 5.75 Å². The lowest BCUT2D eigenvalue weighted by molar-refractivity contribution is 0.137. The molecule has 0 radical (unpaired) electrons. The zero-order valence-corrected chi connectivity index (χ0v) is 10.9. The van der Waals surface area contributed by atoms with Crippen molar-refractivity contribution in [3.8, 4) is 5.75 Å². The molecule has 0 saturated heterocycles. The highest BCUT2D eigenvalue weighted by molar-refractivity contribution is 5.28. The van der Waals surface area contributed by atoms with Gasteiger partial charge in [0.1, 0.15) is 5.75 Å². The Labute approximate surface area is 104 Å². The van der Waals surface area contributed by atoms with Gasteiger partial charge in [0.15, 0.2) is 0 Å². The van der Waals surface area contributed by atoms with Crippen LogP contribution in [0, 0.1) is 0 Å². The number of methoxy groups -OCH3 is 1. The summed E-state index contributed by atoms with van der Waals surface area (Å²) in [4.78, 5) is 0. The van der Waals surface area contributed by atoms with E-state index in [2.05, 4.69) is 24.4 Å². The molecule has 0 unspecified atom stereocenters. The van der Waals surface area contributed by atoms with Gasteiger partial charge >= 0.3 is 0 Å². The normalized spacial score (nSPS) is 10.5. The van der Waals surface area contributed by atoms with Gasteiger partial charge in [-0.3, -0.25) is 0 Å². The average Bonchev–Trinajstić information content (AvgIpc) is 2.38. The van der Waals surface area contributed by atoms with E-state index in [0.717, 1.165) is 44.9 Å². The fourth-order valence-corrected chi connectivity index (χ4v) is 1.58. The first-order valence-corrected chi connectivity index (χ1v) is 6.28. The lowest BCUT2D eigenvalue weighted by Gasteiger charge is -2.06. The standard InChI is InChI=1S/C14H23NO2/c1-3-10-17-11-9-15-8-7-13-5-4-6-14(12-13)16-2/h4-6,12,15H,3,7-11H2,1-2H3. The van der Waals surface area contributed by atoms with Crippen LogP contribution in [0.2, 0.25) is 0 Å². The first-order valence-electron chi connectivity index (χ1n) is 6.28. The van der Waals surface area contributed by atoms with Crippen LogP contribution in [0.15, 0.2) is 24.3 Å². The van der Waals surface area contributed by atoms with Crippen LogP contribution in [-0.4, -0.2) is 33.4 Å². The Hall–Kier alpha value is -1.06. The van der Waals surface area contributed by atoms with Crippen molar-refractivity contribution in [2.45, 2.75) is 19.8 Å². The smallest absolute Gasteiger partial charge is 0.119 e. The monoisotopic (exact) mass is 237 g/mol. The summed E-state index contributed by atoms with van der Waals surface area (Å²) < 4.78 is 10.6. The lowest BCUT2D eigenvalue weighted by Crippen LogP contribution is -2.22. The lowest BCUT2D eigenvalue weighted by atomic mass is 10.1. The third kappa shape index (κ3) is 6.29. The number of benzene rings is 1. The van der Waals surface area contributed by atoms with Gasteiger partial charge in [0, 0.05) is 13.2 Å². The van der Waals surface area contributed by atoms with E-state index >= 15 is 0 Å². The van der Waals surface area contributed by atoms with Crippen molar-refractivity contribution in [2.75, 3.05) is 33.4 Å². The third-order valence-electron chi connectivity index (χ3n) is 2.50. The van der Waals surface area contributed by atoms with Gasteiger partial charge in [-0.2, -0.15) is 0 Å². The minimum absolute atomic E-state index is 0.798. The molecule has 1 N–H and O–H groups in total. The van der Waals surface area contributed by atoms with E-state index in [9.17, 15) is 0 Å². The second kappa shape index (κ2) is 9.02. The Balaban J connectivity index is 2.09. The van der Waals surface area contributed by atoms with Gasteiger partial charge in [-0.05, 0) is 37.1 Å². The first kappa shape index (κ1) is 14.0. The van der Waals surface area contributed by atoms with E-state index < -0.39 is 0 Å². The van der Waals surface area contributed by atoms with Gasteiger partial charge in [0.25, 0.3) is 0 Å². The number of hydrogen-bond donors (Lipinski definition) is 1. The second-order valence-electron chi connectivity index (χ2n) is 3.96. The summed E-state index contributed by atoms with van der Waals surface area (Å²) in [6.07, 6.45) is 2.11. The molecule has 1 rings (SSSR count). The molecule has 0 aliphatic heterocycles. The van der Waals surface area contributed by atoms with Crippen molar-refractivity contribution in [3.05, 3.63) is 29.8 Å². The van der Waals surface area contributed by atoms with Gasteiger partial charge in [-0.15, -0.1) is 0 Å². The van der Waals surface area contributed by atoms with Crippen LogP contribution < -0.4 is 10.1 Å². The first-order chi connectivity index (χ1) is 8.36. The molecule has 1 aromatic carbocycles.